The van der Waals surface area contributed by atoms with Gasteiger partial charge in [0.15, 0.2) is 0 Å². The maximum absolute atomic E-state index is 14.2. The highest BCUT2D eigenvalue weighted by molar-refractivity contribution is 5.89. The zero-order chi connectivity index (χ0) is 19.6. The Morgan fingerprint density at radius 1 is 1.37 bits per heavy atom. The summed E-state index contributed by atoms with van der Waals surface area (Å²) in [5.74, 6) is -0.315. The molecular formula is C20H27FN6. The van der Waals surface area contributed by atoms with Gasteiger partial charge in [-0.2, -0.15) is 5.10 Å². The van der Waals surface area contributed by atoms with E-state index in [2.05, 4.69) is 39.1 Å². The van der Waals surface area contributed by atoms with Crippen LogP contribution in [0, 0.1) is 12.7 Å². The Bertz CT molecular complexity index is 800. The first-order valence-corrected chi connectivity index (χ1v) is 9.07. The highest BCUT2D eigenvalue weighted by Gasteiger charge is 2.28. The minimum absolute atomic E-state index is 0.272. The fourth-order valence-corrected chi connectivity index (χ4v) is 3.81. The fraction of sp³-hybridized carbons (Fsp3) is 0.400. The summed E-state index contributed by atoms with van der Waals surface area (Å²) in [7, 11) is 2.02. The molecule has 144 valence electrons. The van der Waals surface area contributed by atoms with Crippen molar-refractivity contribution in [1.29, 1.82) is 0 Å². The van der Waals surface area contributed by atoms with Crippen LogP contribution in [-0.2, 0) is 0 Å². The van der Waals surface area contributed by atoms with Crippen molar-refractivity contribution in [3.05, 3.63) is 47.4 Å². The Morgan fingerprint density at radius 3 is 2.85 bits per heavy atom. The standard InChI is InChI=1S/C20H27FN6/c1-13(2)27-20-14(3)8-15(21)9-18(20)19(22-4)6-7-24-25-16-10-17(23-11-16)12-26(27)5/h6-9,16-17,23,25H,1,4,10-12H2,2-3,5H3/b19-6-,24-7-. The Balaban J connectivity index is 2.18. The number of fused-ring (bicyclic) bond motifs is 3. The summed E-state index contributed by atoms with van der Waals surface area (Å²) in [6.45, 7) is 13.3. The number of aryl methyl sites for hydroxylation is 1. The van der Waals surface area contributed by atoms with E-state index in [4.69, 9.17) is 0 Å². The van der Waals surface area contributed by atoms with Crippen LogP contribution in [0.2, 0.25) is 0 Å². The van der Waals surface area contributed by atoms with E-state index >= 15 is 0 Å². The van der Waals surface area contributed by atoms with Gasteiger partial charge in [-0.1, -0.05) is 6.58 Å². The molecular weight excluding hydrogens is 343 g/mol. The molecule has 0 radical (unpaired) electrons. The summed E-state index contributed by atoms with van der Waals surface area (Å²) in [5.41, 5.74) is 6.87. The van der Waals surface area contributed by atoms with E-state index in [1.807, 2.05) is 25.9 Å². The van der Waals surface area contributed by atoms with Gasteiger partial charge in [0.2, 0.25) is 0 Å². The summed E-state index contributed by atoms with van der Waals surface area (Å²) in [6, 6.07) is 3.60. The number of hydrogen-bond acceptors (Lipinski definition) is 6. The van der Waals surface area contributed by atoms with Gasteiger partial charge in [-0.05, 0) is 50.8 Å². The lowest BCUT2D eigenvalue weighted by Gasteiger charge is -2.37. The van der Waals surface area contributed by atoms with Crippen molar-refractivity contribution < 1.29 is 4.39 Å². The number of hydrogen-bond donors (Lipinski definition) is 2. The van der Waals surface area contributed by atoms with Gasteiger partial charge in [0.05, 0.1) is 17.4 Å². The van der Waals surface area contributed by atoms with Crippen LogP contribution in [0.25, 0.3) is 5.70 Å². The normalized spacial score (nSPS) is 26.5. The van der Waals surface area contributed by atoms with Crippen molar-refractivity contribution in [1.82, 2.24) is 15.8 Å². The lowest BCUT2D eigenvalue weighted by atomic mass is 10.0. The molecule has 2 heterocycles. The summed E-state index contributed by atoms with van der Waals surface area (Å²) >= 11 is 0. The third-order valence-electron chi connectivity index (χ3n) is 4.90. The number of benzene rings is 1. The van der Waals surface area contributed by atoms with Gasteiger partial charge >= 0.3 is 0 Å². The number of nitrogens with one attached hydrogen (secondary N) is 2. The molecule has 6 nitrogen and oxygen atoms in total. The lowest BCUT2D eigenvalue weighted by Crippen LogP contribution is -2.45. The molecule has 2 aliphatic rings. The monoisotopic (exact) mass is 370 g/mol. The van der Waals surface area contributed by atoms with Crippen molar-refractivity contribution in [3.63, 3.8) is 0 Å². The van der Waals surface area contributed by atoms with E-state index in [0.29, 0.717) is 17.3 Å². The molecule has 0 saturated carbocycles. The molecule has 1 aromatic carbocycles. The molecule has 2 N–H and O–H groups in total. The molecule has 7 heteroatoms. The fourth-order valence-electron chi connectivity index (χ4n) is 3.81. The largest absolute Gasteiger partial charge is 0.310 e. The first-order chi connectivity index (χ1) is 12.9. The number of halogens is 1. The van der Waals surface area contributed by atoms with E-state index in [-0.39, 0.29) is 11.9 Å². The molecule has 0 amide bonds. The van der Waals surface area contributed by atoms with Gasteiger partial charge < -0.3 is 10.7 Å². The number of anilines is 1. The molecule has 27 heavy (non-hydrogen) atoms. The van der Waals surface area contributed by atoms with Crippen LogP contribution in [0.3, 0.4) is 0 Å². The van der Waals surface area contributed by atoms with Crippen LogP contribution < -0.4 is 15.8 Å². The van der Waals surface area contributed by atoms with Crippen molar-refractivity contribution in [2.24, 2.45) is 10.1 Å². The third kappa shape index (κ3) is 4.09. The van der Waals surface area contributed by atoms with Crippen molar-refractivity contribution >= 4 is 24.3 Å². The van der Waals surface area contributed by atoms with Crippen molar-refractivity contribution in [2.45, 2.75) is 32.4 Å². The van der Waals surface area contributed by atoms with Crippen LogP contribution >= 0.6 is 0 Å². The quantitative estimate of drug-likeness (QED) is 0.786. The van der Waals surface area contributed by atoms with Crippen molar-refractivity contribution in [3.8, 4) is 0 Å². The summed E-state index contributed by atoms with van der Waals surface area (Å²) in [5, 5.41) is 12.0. The van der Waals surface area contributed by atoms with Gasteiger partial charge in [-0.3, -0.25) is 10.0 Å². The van der Waals surface area contributed by atoms with Crippen LogP contribution in [0.5, 0.6) is 0 Å². The SMILES string of the molecule is C=N/C1=C\C=N/NC2CNC(C2)CN(C)N(C(=C)C)c2c(C)cc(F)cc21. The van der Waals surface area contributed by atoms with Gasteiger partial charge in [-0.25, -0.2) is 9.40 Å². The minimum Gasteiger partial charge on any atom is -0.310 e. The van der Waals surface area contributed by atoms with Gasteiger partial charge in [-0.15, -0.1) is 0 Å². The molecule has 1 fully saturated rings. The molecule has 0 spiro atoms. The maximum atomic E-state index is 14.2. The van der Waals surface area contributed by atoms with Gasteiger partial charge in [0.25, 0.3) is 0 Å². The zero-order valence-corrected chi connectivity index (χ0v) is 16.2. The van der Waals surface area contributed by atoms with E-state index in [1.54, 1.807) is 12.3 Å². The van der Waals surface area contributed by atoms with E-state index in [1.165, 1.54) is 12.1 Å². The van der Waals surface area contributed by atoms with Gasteiger partial charge in [0.1, 0.15) is 5.82 Å². The first kappa shape index (κ1) is 19.3. The topological polar surface area (TPSA) is 55.3 Å². The second kappa shape index (κ2) is 8.02. The van der Waals surface area contributed by atoms with Crippen LogP contribution in [0.4, 0.5) is 10.1 Å². The van der Waals surface area contributed by atoms with Crippen molar-refractivity contribution in [2.75, 3.05) is 25.1 Å². The number of rotatable bonds is 2. The summed E-state index contributed by atoms with van der Waals surface area (Å²) in [4.78, 5) is 4.13. The van der Waals surface area contributed by atoms with E-state index < -0.39 is 0 Å². The minimum atomic E-state index is -0.315. The van der Waals surface area contributed by atoms with Crippen LogP contribution in [0.15, 0.2) is 40.6 Å². The molecule has 1 aromatic rings. The summed E-state index contributed by atoms with van der Waals surface area (Å²) in [6.07, 6.45) is 4.36. The Morgan fingerprint density at radius 2 is 2.15 bits per heavy atom. The maximum Gasteiger partial charge on any atom is 0.124 e. The number of hydrazine groups is 1. The molecule has 2 unspecified atom stereocenters. The summed E-state index contributed by atoms with van der Waals surface area (Å²) < 4.78 is 14.2. The number of allylic oxidation sites excluding steroid dienone is 2. The Kier molecular flexibility index (Phi) is 5.72. The Labute approximate surface area is 160 Å². The number of hydrazone groups is 1. The second-order valence-corrected chi connectivity index (χ2v) is 7.16. The average Bonchev–Trinajstić information content (AvgIpc) is 3.03. The third-order valence-corrected chi connectivity index (χ3v) is 4.90. The highest BCUT2D eigenvalue weighted by Crippen LogP contribution is 2.35. The number of aliphatic imine (C=N–C) groups is 1. The van der Waals surface area contributed by atoms with E-state index in [0.717, 1.165) is 36.5 Å². The number of likely N-dealkylation sites (N-methyl/N-ethyl adjacent to an activating group) is 1. The predicted molar refractivity (Wildman–Crippen MR) is 110 cm³/mol. The first-order valence-electron chi connectivity index (χ1n) is 9.07. The van der Waals surface area contributed by atoms with E-state index in [9.17, 15) is 4.39 Å². The van der Waals surface area contributed by atoms with Gasteiger partial charge in [0, 0.05) is 43.7 Å². The smallest absolute Gasteiger partial charge is 0.124 e. The molecule has 2 aliphatic heterocycles. The van der Waals surface area contributed by atoms with Crippen LogP contribution in [0.1, 0.15) is 24.5 Å². The predicted octanol–water partition coefficient (Wildman–Crippen LogP) is 2.68. The molecule has 3 rings (SSSR count). The van der Waals surface area contributed by atoms with Crippen LogP contribution in [-0.4, -0.2) is 50.2 Å². The lowest BCUT2D eigenvalue weighted by molar-refractivity contribution is 0.292. The Hall–Kier alpha value is -2.51. The second-order valence-electron chi connectivity index (χ2n) is 7.16. The molecule has 0 aliphatic carbocycles. The molecule has 2 bridgehead atoms. The number of nitrogens with zero attached hydrogens (tertiary/aromatic N) is 4. The molecule has 1 saturated heterocycles. The zero-order valence-electron chi connectivity index (χ0n) is 16.2. The molecule has 0 aromatic heterocycles. The average molecular weight is 370 g/mol. The molecule has 2 atom stereocenters. The highest BCUT2D eigenvalue weighted by atomic mass is 19.1.